The van der Waals surface area contributed by atoms with Crippen LogP contribution < -0.4 is 4.90 Å². The van der Waals surface area contributed by atoms with Crippen LogP contribution in [0.3, 0.4) is 0 Å². The third-order valence-electron chi connectivity index (χ3n) is 7.07. The van der Waals surface area contributed by atoms with Crippen molar-refractivity contribution in [1.82, 2.24) is 9.80 Å². The molecule has 30 heavy (non-hydrogen) atoms. The van der Waals surface area contributed by atoms with Gasteiger partial charge in [0, 0.05) is 51.5 Å². The van der Waals surface area contributed by atoms with Crippen LogP contribution in [0.2, 0.25) is 0 Å². The maximum Gasteiger partial charge on any atom is 0.409 e. The fraction of sp³-hybridized carbons (Fsp3) is 0.583. The summed E-state index contributed by atoms with van der Waals surface area (Å²) in [7, 11) is 0. The smallest absolute Gasteiger partial charge is 0.409 e. The van der Waals surface area contributed by atoms with Crippen LogP contribution in [0.1, 0.15) is 46.0 Å². The summed E-state index contributed by atoms with van der Waals surface area (Å²) in [6.45, 7) is 6.31. The Bertz CT molecular complexity index is 837. The number of fused-ring (bicyclic) bond motifs is 2. The van der Waals surface area contributed by atoms with Gasteiger partial charge in [0.05, 0.1) is 0 Å². The van der Waals surface area contributed by atoms with Crippen molar-refractivity contribution in [1.29, 1.82) is 0 Å². The van der Waals surface area contributed by atoms with Crippen LogP contribution in [0.4, 0.5) is 10.5 Å². The van der Waals surface area contributed by atoms with Crippen molar-refractivity contribution in [2.24, 2.45) is 0 Å². The molecule has 3 aliphatic rings. The van der Waals surface area contributed by atoms with Crippen LogP contribution in [0, 0.1) is 12.3 Å². The Hall–Kier alpha value is -2.52. The first-order valence-corrected chi connectivity index (χ1v) is 11.0. The number of benzene rings is 1. The molecule has 2 fully saturated rings. The van der Waals surface area contributed by atoms with E-state index in [4.69, 9.17) is 11.2 Å². The normalized spacial score (nSPS) is 21.3. The zero-order chi connectivity index (χ0) is 21.1. The number of nitrogens with zero attached hydrogens (tertiary/aromatic N) is 3. The highest BCUT2D eigenvalue weighted by atomic mass is 16.6. The first-order valence-electron chi connectivity index (χ1n) is 11.0. The Labute approximate surface area is 180 Å². The van der Waals surface area contributed by atoms with Crippen LogP contribution in [-0.2, 0) is 14.9 Å². The first-order chi connectivity index (χ1) is 14.5. The Morgan fingerprint density at radius 1 is 1.20 bits per heavy atom. The molecule has 6 heteroatoms. The monoisotopic (exact) mass is 411 g/mol. The summed E-state index contributed by atoms with van der Waals surface area (Å²) in [5, 5.41) is 0. The molecule has 0 atom stereocenters. The Kier molecular flexibility index (Phi) is 6.01. The predicted octanol–water partition coefficient (Wildman–Crippen LogP) is 3.26. The van der Waals surface area contributed by atoms with Crippen molar-refractivity contribution in [3.63, 3.8) is 0 Å². The lowest BCUT2D eigenvalue weighted by atomic mass is 9.74. The standard InChI is InChI=1S/C24H31N3O3.H2/c1-3-4-17-30-23(29)26-13-9-20(10-14-26)25-15-11-24(12-16-25)18-27(19(2)28)22-8-6-5-7-21(22)24;/h1,5-8,20H,4,9-18H2,2H3;1H. The van der Waals surface area contributed by atoms with Gasteiger partial charge in [0.25, 0.3) is 0 Å². The minimum Gasteiger partial charge on any atom is -0.448 e. The number of para-hydroxylation sites is 1. The topological polar surface area (TPSA) is 53.1 Å². The van der Waals surface area contributed by atoms with Gasteiger partial charge in [-0.1, -0.05) is 18.2 Å². The number of terminal acetylenes is 1. The predicted molar refractivity (Wildman–Crippen MR) is 118 cm³/mol. The van der Waals surface area contributed by atoms with Gasteiger partial charge in [-0.25, -0.2) is 4.79 Å². The average Bonchev–Trinajstić information content (AvgIpc) is 3.09. The molecule has 2 amide bonds. The Morgan fingerprint density at radius 3 is 2.57 bits per heavy atom. The van der Waals surface area contributed by atoms with Gasteiger partial charge in [0.1, 0.15) is 6.61 Å². The maximum absolute atomic E-state index is 12.2. The SMILES string of the molecule is C#CCCOC(=O)N1CCC(N2CCC3(CC2)CN(C(C)=O)c2ccccc23)CC1.[HH]. The number of carbonyl (C=O) groups is 2. The molecule has 0 bridgehead atoms. The molecule has 2 saturated heterocycles. The van der Waals surface area contributed by atoms with E-state index in [1.807, 2.05) is 11.0 Å². The van der Waals surface area contributed by atoms with Crippen molar-refractivity contribution in [2.45, 2.75) is 50.5 Å². The minimum absolute atomic E-state index is 0. The van der Waals surface area contributed by atoms with Crippen LogP contribution in [0.15, 0.2) is 24.3 Å². The molecule has 162 valence electrons. The van der Waals surface area contributed by atoms with Gasteiger partial charge in [0.15, 0.2) is 0 Å². The molecular formula is C24H33N3O3. The zero-order valence-electron chi connectivity index (χ0n) is 17.8. The van der Waals surface area contributed by atoms with Crippen molar-refractivity contribution in [3.05, 3.63) is 29.8 Å². The number of hydrogen-bond acceptors (Lipinski definition) is 4. The molecule has 1 spiro atoms. The summed E-state index contributed by atoms with van der Waals surface area (Å²) in [5.74, 6) is 2.62. The van der Waals surface area contributed by atoms with Gasteiger partial charge in [-0.2, -0.15) is 0 Å². The van der Waals surface area contributed by atoms with Crippen LogP contribution in [0.5, 0.6) is 0 Å². The van der Waals surface area contributed by atoms with Gasteiger partial charge in [-0.15, -0.1) is 12.3 Å². The molecule has 0 radical (unpaired) electrons. The summed E-state index contributed by atoms with van der Waals surface area (Å²) < 4.78 is 5.23. The van der Waals surface area contributed by atoms with E-state index in [9.17, 15) is 9.59 Å². The number of hydrogen-bond donors (Lipinski definition) is 0. The average molecular weight is 412 g/mol. The molecule has 0 unspecified atom stereocenters. The number of carbonyl (C=O) groups excluding carboxylic acids is 2. The third kappa shape index (κ3) is 3.91. The van der Waals surface area contributed by atoms with Gasteiger partial charge in [-0.05, 0) is 50.4 Å². The summed E-state index contributed by atoms with van der Waals surface area (Å²) in [4.78, 5) is 30.6. The zero-order valence-corrected chi connectivity index (χ0v) is 17.8. The van der Waals surface area contributed by atoms with E-state index < -0.39 is 0 Å². The second-order valence-electron chi connectivity index (χ2n) is 8.73. The summed E-state index contributed by atoms with van der Waals surface area (Å²) in [6, 6.07) is 8.91. The summed E-state index contributed by atoms with van der Waals surface area (Å²) >= 11 is 0. The molecule has 3 heterocycles. The molecule has 0 saturated carbocycles. The quantitative estimate of drug-likeness (QED) is 0.566. The van der Waals surface area contributed by atoms with E-state index in [0.717, 1.165) is 64.1 Å². The third-order valence-corrected chi connectivity index (χ3v) is 7.07. The van der Waals surface area contributed by atoms with Crippen molar-refractivity contribution >= 4 is 17.7 Å². The maximum atomic E-state index is 12.2. The Balaban J connectivity index is 0.00000272. The van der Waals surface area contributed by atoms with E-state index in [1.54, 1.807) is 11.8 Å². The lowest BCUT2D eigenvalue weighted by Gasteiger charge is -2.45. The number of rotatable bonds is 3. The fourth-order valence-electron chi connectivity index (χ4n) is 5.36. The van der Waals surface area contributed by atoms with E-state index in [-0.39, 0.29) is 18.8 Å². The van der Waals surface area contributed by atoms with Gasteiger partial charge >= 0.3 is 6.09 Å². The number of ether oxygens (including phenoxy) is 1. The summed E-state index contributed by atoms with van der Waals surface area (Å²) in [5.41, 5.74) is 2.51. The summed E-state index contributed by atoms with van der Waals surface area (Å²) in [6.07, 6.45) is 9.53. The highest BCUT2D eigenvalue weighted by molar-refractivity contribution is 5.94. The van der Waals surface area contributed by atoms with Crippen LogP contribution in [-0.4, -0.2) is 67.2 Å². The molecule has 6 nitrogen and oxygen atoms in total. The number of piperidine rings is 2. The molecule has 4 rings (SSSR count). The molecule has 0 aromatic heterocycles. The van der Waals surface area contributed by atoms with Gasteiger partial charge in [-0.3, -0.25) is 4.79 Å². The second kappa shape index (κ2) is 8.69. The van der Waals surface area contributed by atoms with Crippen LogP contribution in [0.25, 0.3) is 0 Å². The van der Waals surface area contributed by atoms with Crippen LogP contribution >= 0.6 is 0 Å². The molecule has 3 aliphatic heterocycles. The van der Waals surface area contributed by atoms with E-state index in [0.29, 0.717) is 19.1 Å². The lowest BCUT2D eigenvalue weighted by Crippen LogP contribution is -2.52. The van der Waals surface area contributed by atoms with Gasteiger partial charge < -0.3 is 19.4 Å². The second-order valence-corrected chi connectivity index (χ2v) is 8.73. The molecule has 0 N–H and O–H groups in total. The highest BCUT2D eigenvalue weighted by Gasteiger charge is 2.46. The van der Waals surface area contributed by atoms with Crippen molar-refractivity contribution in [3.8, 4) is 12.3 Å². The Morgan fingerprint density at radius 2 is 1.90 bits per heavy atom. The van der Waals surface area contributed by atoms with Crippen molar-refractivity contribution in [2.75, 3.05) is 44.2 Å². The van der Waals surface area contributed by atoms with E-state index >= 15 is 0 Å². The van der Waals surface area contributed by atoms with E-state index in [1.165, 1.54) is 5.56 Å². The fourth-order valence-corrected chi connectivity index (χ4v) is 5.36. The highest BCUT2D eigenvalue weighted by Crippen LogP contribution is 2.47. The largest absolute Gasteiger partial charge is 0.448 e. The number of likely N-dealkylation sites (tertiary alicyclic amines) is 2. The van der Waals surface area contributed by atoms with Crippen molar-refractivity contribution < 1.29 is 15.8 Å². The molecule has 1 aromatic carbocycles. The minimum atomic E-state index is -0.242. The first kappa shape index (κ1) is 20.7. The van der Waals surface area contributed by atoms with E-state index in [2.05, 4.69) is 29.0 Å². The molecular weight excluding hydrogens is 378 g/mol. The van der Waals surface area contributed by atoms with Gasteiger partial charge in [0.2, 0.25) is 5.91 Å². The molecule has 0 aliphatic carbocycles. The molecule has 1 aromatic rings. The number of anilines is 1. The lowest BCUT2D eigenvalue weighted by molar-refractivity contribution is -0.116. The number of amides is 2.